The summed E-state index contributed by atoms with van der Waals surface area (Å²) in [4.78, 5) is 13.6. The summed E-state index contributed by atoms with van der Waals surface area (Å²) in [6.45, 7) is 5.12. The van der Waals surface area contributed by atoms with Crippen molar-refractivity contribution in [2.24, 2.45) is 0 Å². The van der Waals surface area contributed by atoms with E-state index in [4.69, 9.17) is 0 Å². The van der Waals surface area contributed by atoms with Gasteiger partial charge < -0.3 is 10.2 Å². The molecule has 1 aromatic carbocycles. The summed E-state index contributed by atoms with van der Waals surface area (Å²) in [5.41, 5.74) is 1.25. The Balaban J connectivity index is 2.21. The largest absolute Gasteiger partial charge is 0.308 e. The molecule has 1 aliphatic rings. The first-order chi connectivity index (χ1) is 8.13. The number of carbonyl (C=O) groups is 1. The third-order valence-electron chi connectivity index (χ3n) is 3.05. The highest BCUT2D eigenvalue weighted by molar-refractivity contribution is 5.99. The fourth-order valence-corrected chi connectivity index (χ4v) is 2.19. The molecular formula is C13H17FN2O. The molecule has 0 aromatic heterocycles. The molecule has 1 aliphatic heterocycles. The Labute approximate surface area is 101 Å². The van der Waals surface area contributed by atoms with Gasteiger partial charge in [0.1, 0.15) is 5.82 Å². The van der Waals surface area contributed by atoms with E-state index in [1.165, 1.54) is 11.0 Å². The molecule has 0 radical (unpaired) electrons. The zero-order chi connectivity index (χ0) is 12.4. The highest BCUT2D eigenvalue weighted by Crippen LogP contribution is 2.25. The van der Waals surface area contributed by atoms with Gasteiger partial charge in [-0.1, -0.05) is 13.0 Å². The molecule has 1 fully saturated rings. The Morgan fingerprint density at radius 2 is 2.29 bits per heavy atom. The minimum Gasteiger partial charge on any atom is -0.308 e. The molecule has 3 nitrogen and oxygen atoms in total. The molecule has 0 aliphatic carbocycles. The Kier molecular flexibility index (Phi) is 3.43. The molecule has 1 saturated heterocycles. The van der Waals surface area contributed by atoms with Crippen molar-refractivity contribution in [1.29, 1.82) is 0 Å². The van der Waals surface area contributed by atoms with Crippen molar-refractivity contribution in [3.8, 4) is 0 Å². The molecular weight excluding hydrogens is 219 g/mol. The molecule has 1 unspecified atom stereocenters. The van der Waals surface area contributed by atoms with E-state index in [0.29, 0.717) is 12.2 Å². The molecule has 1 amide bonds. The van der Waals surface area contributed by atoms with Crippen molar-refractivity contribution >= 4 is 11.6 Å². The minimum absolute atomic E-state index is 0.0328. The first-order valence-corrected chi connectivity index (χ1v) is 5.94. The van der Waals surface area contributed by atoms with Crippen LogP contribution in [0.1, 0.15) is 18.9 Å². The summed E-state index contributed by atoms with van der Waals surface area (Å²) in [7, 11) is 0. The van der Waals surface area contributed by atoms with E-state index in [0.717, 1.165) is 18.5 Å². The lowest BCUT2D eigenvalue weighted by atomic mass is 10.2. The molecule has 0 saturated carbocycles. The number of nitrogens with one attached hydrogen (secondary N) is 1. The molecule has 0 bridgehead atoms. The van der Waals surface area contributed by atoms with Crippen LogP contribution in [-0.4, -0.2) is 25.0 Å². The monoisotopic (exact) mass is 236 g/mol. The number of aryl methyl sites for hydroxylation is 1. The smallest absolute Gasteiger partial charge is 0.244 e. The van der Waals surface area contributed by atoms with Crippen LogP contribution in [0, 0.1) is 12.7 Å². The van der Waals surface area contributed by atoms with E-state index < -0.39 is 0 Å². The van der Waals surface area contributed by atoms with Gasteiger partial charge in [0.05, 0.1) is 11.7 Å². The number of hydrogen-bond donors (Lipinski definition) is 1. The summed E-state index contributed by atoms with van der Waals surface area (Å²) in [5, 5.41) is 3.11. The van der Waals surface area contributed by atoms with Gasteiger partial charge in [0.15, 0.2) is 0 Å². The second-order valence-electron chi connectivity index (χ2n) is 4.34. The molecule has 1 atom stereocenters. The van der Waals surface area contributed by atoms with Crippen LogP contribution in [0.15, 0.2) is 18.2 Å². The second-order valence-corrected chi connectivity index (χ2v) is 4.34. The molecule has 0 spiro atoms. The zero-order valence-corrected chi connectivity index (χ0v) is 10.2. The lowest BCUT2D eigenvalue weighted by Crippen LogP contribution is -2.38. The predicted octanol–water partition coefficient (Wildman–Crippen LogP) is 1.85. The number of likely N-dealkylation sites (N-methyl/N-ethyl adjacent to an activating group) is 1. The van der Waals surface area contributed by atoms with Crippen LogP contribution in [0.4, 0.5) is 10.1 Å². The molecule has 17 heavy (non-hydrogen) atoms. The third kappa shape index (κ3) is 2.31. The SMILES string of the molecule is CCNC1CCN(c2ccc(C)cc2F)C1=O. The topological polar surface area (TPSA) is 32.3 Å². The Bertz CT molecular complexity index is 433. The summed E-state index contributed by atoms with van der Waals surface area (Å²) in [5.74, 6) is -0.356. The third-order valence-corrected chi connectivity index (χ3v) is 3.05. The molecule has 1 N–H and O–H groups in total. The molecule has 92 valence electrons. The summed E-state index contributed by atoms with van der Waals surface area (Å²) in [6, 6.07) is 4.80. The number of halogens is 1. The second kappa shape index (κ2) is 4.84. The number of hydrogen-bond acceptors (Lipinski definition) is 2. The maximum absolute atomic E-state index is 13.8. The van der Waals surface area contributed by atoms with Gasteiger partial charge in [0.2, 0.25) is 5.91 Å². The van der Waals surface area contributed by atoms with Crippen LogP contribution in [0.5, 0.6) is 0 Å². The van der Waals surface area contributed by atoms with Crippen molar-refractivity contribution in [1.82, 2.24) is 5.32 Å². The average molecular weight is 236 g/mol. The van der Waals surface area contributed by atoms with Gasteiger partial charge >= 0.3 is 0 Å². The zero-order valence-electron chi connectivity index (χ0n) is 10.2. The van der Waals surface area contributed by atoms with E-state index in [9.17, 15) is 9.18 Å². The molecule has 1 aromatic rings. The normalized spacial score (nSPS) is 20.1. The maximum Gasteiger partial charge on any atom is 0.244 e. The summed E-state index contributed by atoms with van der Waals surface area (Å²) >= 11 is 0. The summed E-state index contributed by atoms with van der Waals surface area (Å²) < 4.78 is 13.8. The number of rotatable bonds is 3. The Hall–Kier alpha value is -1.42. The van der Waals surface area contributed by atoms with Crippen LogP contribution in [-0.2, 0) is 4.79 Å². The Morgan fingerprint density at radius 1 is 1.53 bits per heavy atom. The maximum atomic E-state index is 13.8. The van der Waals surface area contributed by atoms with E-state index in [1.54, 1.807) is 6.07 Å². The van der Waals surface area contributed by atoms with Crippen LogP contribution < -0.4 is 10.2 Å². The van der Waals surface area contributed by atoms with Gasteiger partial charge in [-0.05, 0) is 37.6 Å². The highest BCUT2D eigenvalue weighted by Gasteiger charge is 2.32. The van der Waals surface area contributed by atoms with E-state index in [-0.39, 0.29) is 17.8 Å². The molecule has 1 heterocycles. The van der Waals surface area contributed by atoms with Crippen molar-refractivity contribution in [2.75, 3.05) is 18.0 Å². The van der Waals surface area contributed by atoms with Crippen LogP contribution in [0.2, 0.25) is 0 Å². The van der Waals surface area contributed by atoms with Gasteiger partial charge in [0.25, 0.3) is 0 Å². The fraction of sp³-hybridized carbons (Fsp3) is 0.462. The van der Waals surface area contributed by atoms with Crippen molar-refractivity contribution in [3.63, 3.8) is 0 Å². The van der Waals surface area contributed by atoms with Gasteiger partial charge in [-0.3, -0.25) is 4.79 Å². The van der Waals surface area contributed by atoms with Crippen LogP contribution in [0.25, 0.3) is 0 Å². The van der Waals surface area contributed by atoms with Gasteiger partial charge in [0, 0.05) is 6.54 Å². The van der Waals surface area contributed by atoms with E-state index in [2.05, 4.69) is 5.32 Å². The van der Waals surface area contributed by atoms with Crippen molar-refractivity contribution in [2.45, 2.75) is 26.3 Å². The lowest BCUT2D eigenvalue weighted by molar-refractivity contribution is -0.118. The first kappa shape index (κ1) is 12.0. The number of carbonyl (C=O) groups excluding carboxylic acids is 1. The summed E-state index contributed by atoms with van der Waals surface area (Å²) in [6.07, 6.45) is 0.736. The standard InChI is InChI=1S/C13H17FN2O/c1-3-15-11-6-7-16(13(11)17)12-5-4-9(2)8-10(12)14/h4-5,8,11,15H,3,6-7H2,1-2H3. The molecule has 4 heteroatoms. The fourth-order valence-electron chi connectivity index (χ4n) is 2.19. The quantitative estimate of drug-likeness (QED) is 0.868. The lowest BCUT2D eigenvalue weighted by Gasteiger charge is -2.18. The average Bonchev–Trinajstić information content (AvgIpc) is 2.62. The van der Waals surface area contributed by atoms with Crippen LogP contribution >= 0.6 is 0 Å². The highest BCUT2D eigenvalue weighted by atomic mass is 19.1. The Morgan fingerprint density at radius 3 is 2.94 bits per heavy atom. The number of anilines is 1. The number of amides is 1. The van der Waals surface area contributed by atoms with Crippen molar-refractivity contribution in [3.05, 3.63) is 29.6 Å². The molecule has 2 rings (SSSR count). The first-order valence-electron chi connectivity index (χ1n) is 5.94. The van der Waals surface area contributed by atoms with Gasteiger partial charge in [-0.15, -0.1) is 0 Å². The van der Waals surface area contributed by atoms with E-state index in [1.807, 2.05) is 19.9 Å². The number of benzene rings is 1. The van der Waals surface area contributed by atoms with Gasteiger partial charge in [-0.25, -0.2) is 4.39 Å². The minimum atomic E-state index is -0.324. The van der Waals surface area contributed by atoms with Crippen molar-refractivity contribution < 1.29 is 9.18 Å². The van der Waals surface area contributed by atoms with Crippen LogP contribution in [0.3, 0.4) is 0 Å². The van der Waals surface area contributed by atoms with Gasteiger partial charge in [-0.2, -0.15) is 0 Å². The predicted molar refractivity (Wildman–Crippen MR) is 65.6 cm³/mol. The van der Waals surface area contributed by atoms with E-state index >= 15 is 0 Å². The number of nitrogens with zero attached hydrogens (tertiary/aromatic N) is 1.